The average Bonchev–Trinajstić information content (AvgIpc) is 3.23. The highest BCUT2D eigenvalue weighted by Crippen LogP contribution is 2.43. The van der Waals surface area contributed by atoms with Crippen molar-refractivity contribution in [2.24, 2.45) is 5.73 Å². The first kappa shape index (κ1) is 57.1. The molecule has 0 heterocycles. The van der Waals surface area contributed by atoms with Gasteiger partial charge in [0.25, 0.3) is 0 Å². The summed E-state index contributed by atoms with van der Waals surface area (Å²) in [5, 5.41) is 19.2. The summed E-state index contributed by atoms with van der Waals surface area (Å²) in [6.07, 6.45) is 50.5. The zero-order valence-electron chi connectivity index (χ0n) is 36.8. The maximum atomic E-state index is 12.6. The van der Waals surface area contributed by atoms with Crippen LogP contribution in [0, 0.1) is 0 Å². The number of carboxylic acids is 1. The van der Waals surface area contributed by atoms with Crippen LogP contribution in [0.5, 0.6) is 0 Å². The van der Waals surface area contributed by atoms with Gasteiger partial charge in [-0.25, -0.2) is 4.57 Å². The standard InChI is InChI=1S/C48H76NO11P/c1-3-5-7-9-11-13-15-17-18-19-20-21-22-24-26-28-30-32-34-38-46(51)57-40-44(41-58-61(55,56)59-42-45(49)48(53)54)60-47(52)39-35-37-43(50)36-33-31-29-27-25-23-16-14-12-10-8-6-4-2/h11-14,17-18,20-21,23-26,29-33,36,43-45,50H,3-10,15-16,19,22,27-28,34-35,37-42,49H2,1-2H3,(H,53,54)(H,55,56)/b13-11-,14-12-,18-17-,21-20-,25-23-,26-24-,31-29-,32-30-,36-33+/t43-,44+,45-/m0/s1. The lowest BCUT2D eigenvalue weighted by atomic mass is 10.1. The fourth-order valence-electron chi connectivity index (χ4n) is 5.09. The molecule has 0 bridgehead atoms. The molecule has 0 saturated carbocycles. The lowest BCUT2D eigenvalue weighted by Gasteiger charge is -2.20. The number of phosphoric ester groups is 1. The number of aliphatic hydroxyl groups excluding tert-OH is 1. The van der Waals surface area contributed by atoms with Crippen molar-refractivity contribution >= 4 is 25.7 Å². The summed E-state index contributed by atoms with van der Waals surface area (Å²) in [5.74, 6) is -2.73. The molecule has 13 heteroatoms. The quantitative estimate of drug-likeness (QED) is 0.0150. The number of rotatable bonds is 39. The van der Waals surface area contributed by atoms with E-state index in [1.165, 1.54) is 38.5 Å². The Balaban J connectivity index is 4.69. The van der Waals surface area contributed by atoms with E-state index in [1.54, 1.807) is 12.2 Å². The molecule has 344 valence electrons. The predicted molar refractivity (Wildman–Crippen MR) is 246 cm³/mol. The van der Waals surface area contributed by atoms with Crippen LogP contribution in [-0.2, 0) is 37.5 Å². The third-order valence-corrected chi connectivity index (χ3v) is 9.56. The summed E-state index contributed by atoms with van der Waals surface area (Å²) in [6.45, 7) is 2.45. The highest BCUT2D eigenvalue weighted by molar-refractivity contribution is 7.47. The number of ether oxygens (including phenoxy) is 2. The lowest BCUT2D eigenvalue weighted by molar-refractivity contribution is -0.161. The fourth-order valence-corrected chi connectivity index (χ4v) is 5.87. The Bertz CT molecular complexity index is 1460. The maximum absolute atomic E-state index is 12.6. The van der Waals surface area contributed by atoms with Gasteiger partial charge in [0.1, 0.15) is 12.6 Å². The van der Waals surface area contributed by atoms with Crippen molar-refractivity contribution in [1.29, 1.82) is 0 Å². The third kappa shape index (κ3) is 41.2. The molecule has 0 radical (unpaired) electrons. The maximum Gasteiger partial charge on any atom is 0.472 e. The van der Waals surface area contributed by atoms with E-state index >= 15 is 0 Å². The Morgan fingerprint density at radius 3 is 1.57 bits per heavy atom. The number of carbonyl (C=O) groups is 3. The van der Waals surface area contributed by atoms with Crippen molar-refractivity contribution in [3.63, 3.8) is 0 Å². The average molecular weight is 874 g/mol. The largest absolute Gasteiger partial charge is 0.480 e. The molecule has 1 unspecified atom stereocenters. The fraction of sp³-hybridized carbons (Fsp3) is 0.562. The van der Waals surface area contributed by atoms with Crippen LogP contribution < -0.4 is 5.73 Å². The van der Waals surface area contributed by atoms with Crippen LogP contribution in [0.3, 0.4) is 0 Å². The minimum Gasteiger partial charge on any atom is -0.480 e. The molecule has 0 aromatic rings. The molecule has 12 nitrogen and oxygen atoms in total. The van der Waals surface area contributed by atoms with E-state index in [0.717, 1.165) is 44.9 Å². The van der Waals surface area contributed by atoms with Gasteiger partial charge in [0.15, 0.2) is 6.10 Å². The van der Waals surface area contributed by atoms with Gasteiger partial charge < -0.3 is 30.3 Å². The van der Waals surface area contributed by atoms with Gasteiger partial charge in [-0.2, -0.15) is 0 Å². The molecule has 0 amide bonds. The molecule has 0 aliphatic carbocycles. The van der Waals surface area contributed by atoms with Crippen LogP contribution in [-0.4, -0.2) is 71.1 Å². The van der Waals surface area contributed by atoms with Gasteiger partial charge in [-0.15, -0.1) is 0 Å². The molecule has 4 atom stereocenters. The van der Waals surface area contributed by atoms with Crippen molar-refractivity contribution < 1.29 is 52.6 Å². The van der Waals surface area contributed by atoms with E-state index in [2.05, 4.69) is 85.2 Å². The van der Waals surface area contributed by atoms with E-state index < -0.39 is 63.8 Å². The van der Waals surface area contributed by atoms with Crippen molar-refractivity contribution in [3.05, 3.63) is 109 Å². The van der Waals surface area contributed by atoms with Crippen LogP contribution in [0.15, 0.2) is 109 Å². The number of carbonyl (C=O) groups excluding carboxylic acids is 2. The minimum atomic E-state index is -4.80. The van der Waals surface area contributed by atoms with Gasteiger partial charge >= 0.3 is 25.7 Å². The monoisotopic (exact) mass is 874 g/mol. The summed E-state index contributed by atoms with van der Waals surface area (Å²) >= 11 is 0. The Morgan fingerprint density at radius 2 is 1.07 bits per heavy atom. The Kier molecular flexibility index (Phi) is 38.8. The van der Waals surface area contributed by atoms with Crippen molar-refractivity contribution in [2.45, 2.75) is 154 Å². The van der Waals surface area contributed by atoms with E-state index in [9.17, 15) is 28.9 Å². The van der Waals surface area contributed by atoms with Crippen molar-refractivity contribution in [3.8, 4) is 0 Å². The van der Waals surface area contributed by atoms with Crippen LogP contribution in [0.25, 0.3) is 0 Å². The van der Waals surface area contributed by atoms with E-state index in [0.29, 0.717) is 12.8 Å². The molecule has 0 saturated heterocycles. The molecular weight excluding hydrogens is 797 g/mol. The van der Waals surface area contributed by atoms with Gasteiger partial charge in [0, 0.05) is 12.8 Å². The highest BCUT2D eigenvalue weighted by Gasteiger charge is 2.28. The van der Waals surface area contributed by atoms with Crippen LogP contribution in [0.2, 0.25) is 0 Å². The number of aliphatic carboxylic acids is 1. The Labute approximate surface area is 366 Å². The number of phosphoric acid groups is 1. The predicted octanol–water partition coefficient (Wildman–Crippen LogP) is 10.8. The molecule has 61 heavy (non-hydrogen) atoms. The first-order valence-electron chi connectivity index (χ1n) is 22.0. The number of aliphatic hydroxyl groups is 1. The molecule has 0 spiro atoms. The zero-order chi connectivity index (χ0) is 45.1. The molecular formula is C48H76NO11P. The number of nitrogens with two attached hydrogens (primary N) is 1. The summed E-state index contributed by atoms with van der Waals surface area (Å²) in [4.78, 5) is 46.0. The molecule has 0 rings (SSSR count). The second-order valence-electron chi connectivity index (χ2n) is 14.3. The smallest absolute Gasteiger partial charge is 0.472 e. The Morgan fingerprint density at radius 1 is 0.590 bits per heavy atom. The minimum absolute atomic E-state index is 0.0511. The lowest BCUT2D eigenvalue weighted by Crippen LogP contribution is -2.34. The molecule has 0 fully saturated rings. The normalized spacial score (nSPS) is 15.2. The van der Waals surface area contributed by atoms with Crippen molar-refractivity contribution in [2.75, 3.05) is 19.8 Å². The molecule has 0 aliphatic heterocycles. The van der Waals surface area contributed by atoms with Gasteiger partial charge in [-0.1, -0.05) is 149 Å². The highest BCUT2D eigenvalue weighted by atomic mass is 31.2. The Hall–Kier alpha value is -3.90. The van der Waals surface area contributed by atoms with Crippen molar-refractivity contribution in [1.82, 2.24) is 0 Å². The molecule has 0 aromatic carbocycles. The summed E-state index contributed by atoms with van der Waals surface area (Å²) in [6, 6.07) is -1.57. The second-order valence-corrected chi connectivity index (χ2v) is 15.8. The third-order valence-electron chi connectivity index (χ3n) is 8.61. The topological polar surface area (TPSA) is 192 Å². The van der Waals surface area contributed by atoms with Crippen LogP contribution >= 0.6 is 7.82 Å². The van der Waals surface area contributed by atoms with Crippen LogP contribution in [0.4, 0.5) is 0 Å². The molecule has 0 aliphatic rings. The number of hydrogen-bond acceptors (Lipinski definition) is 10. The van der Waals surface area contributed by atoms with E-state index in [1.807, 2.05) is 30.4 Å². The van der Waals surface area contributed by atoms with Gasteiger partial charge in [0.05, 0.1) is 19.3 Å². The van der Waals surface area contributed by atoms with E-state index in [-0.39, 0.29) is 25.7 Å². The second kappa shape index (κ2) is 41.5. The summed E-state index contributed by atoms with van der Waals surface area (Å²) in [5.41, 5.74) is 5.32. The number of esters is 2. The van der Waals surface area contributed by atoms with Gasteiger partial charge in [-0.05, 0) is 83.5 Å². The summed E-state index contributed by atoms with van der Waals surface area (Å²) in [7, 11) is -4.80. The first-order valence-corrected chi connectivity index (χ1v) is 23.5. The van der Waals surface area contributed by atoms with Gasteiger partial charge in [0.2, 0.25) is 0 Å². The van der Waals surface area contributed by atoms with Gasteiger partial charge in [-0.3, -0.25) is 23.4 Å². The first-order chi connectivity index (χ1) is 29.5. The molecule has 0 aromatic heterocycles. The molecule has 5 N–H and O–H groups in total. The number of unbranched alkanes of at least 4 members (excludes halogenated alkanes) is 6. The summed E-state index contributed by atoms with van der Waals surface area (Å²) < 4.78 is 32.5. The van der Waals surface area contributed by atoms with E-state index in [4.69, 9.17) is 24.8 Å². The number of carboxylic acid groups (broad SMARTS) is 1. The van der Waals surface area contributed by atoms with Crippen LogP contribution in [0.1, 0.15) is 136 Å². The number of hydrogen-bond donors (Lipinski definition) is 4. The zero-order valence-corrected chi connectivity index (χ0v) is 37.7. The SMILES string of the molecule is CCCCC/C=C\C/C=C\C/C=C\C=C\[C@H](O)CCCC(=O)O[C@H](COC(=O)CC/C=C\C/C=C\C/C=C\C/C=C\C/C=C\CCCCC)COP(=O)(O)OC[C@H](N)C(=O)O. The number of allylic oxidation sites excluding steroid dienone is 17.